The van der Waals surface area contributed by atoms with Gasteiger partial charge in [0, 0.05) is 5.02 Å². The minimum Gasteiger partial charge on any atom is -0.370 e. The Kier molecular flexibility index (Phi) is 4.48. The highest BCUT2D eigenvalue weighted by Gasteiger charge is 2.25. The molecule has 3 rings (SSSR count). The van der Waals surface area contributed by atoms with Gasteiger partial charge in [0.25, 0.3) is 0 Å². The molecule has 3 N–H and O–H groups in total. The third kappa shape index (κ3) is 3.32. The molecule has 2 aromatic rings. The van der Waals surface area contributed by atoms with E-state index in [1.165, 1.54) is 0 Å². The van der Waals surface area contributed by atoms with E-state index in [0.717, 1.165) is 17.5 Å². The summed E-state index contributed by atoms with van der Waals surface area (Å²) in [4.78, 5) is 4.47. The molecule has 2 unspecified atom stereocenters. The van der Waals surface area contributed by atoms with Crippen molar-refractivity contribution in [2.75, 3.05) is 0 Å². The van der Waals surface area contributed by atoms with E-state index in [2.05, 4.69) is 10.3 Å². The largest absolute Gasteiger partial charge is 0.370 e. The van der Waals surface area contributed by atoms with Gasteiger partial charge < -0.3 is 11.1 Å². The van der Waals surface area contributed by atoms with Crippen molar-refractivity contribution in [2.24, 2.45) is 10.7 Å². The molecule has 6 heteroatoms. The minimum atomic E-state index is -0.0422. The van der Waals surface area contributed by atoms with Crippen LogP contribution in [-0.4, -0.2) is 5.96 Å². The molecule has 1 aliphatic heterocycles. The third-order valence-electron chi connectivity index (χ3n) is 3.66. The van der Waals surface area contributed by atoms with Crippen LogP contribution in [0.5, 0.6) is 0 Å². The summed E-state index contributed by atoms with van der Waals surface area (Å²) >= 11 is 18.1. The number of nitrogens with two attached hydrogens (primary N) is 1. The van der Waals surface area contributed by atoms with E-state index in [1.54, 1.807) is 6.07 Å². The summed E-state index contributed by atoms with van der Waals surface area (Å²) in [6.07, 6.45) is 0.763. The van der Waals surface area contributed by atoms with Gasteiger partial charge in [-0.05, 0) is 41.8 Å². The number of nitrogens with one attached hydrogen (secondary N) is 1. The van der Waals surface area contributed by atoms with Crippen LogP contribution >= 0.6 is 34.8 Å². The van der Waals surface area contributed by atoms with E-state index in [-0.39, 0.29) is 12.1 Å². The number of aliphatic imine (C=N–C) groups is 1. The maximum absolute atomic E-state index is 6.10. The molecule has 3 nitrogen and oxygen atoms in total. The predicted octanol–water partition coefficient (Wildman–Crippen LogP) is 4.74. The second-order valence-corrected chi connectivity index (χ2v) is 6.44. The average Bonchev–Trinajstić information content (AvgIpc) is 2.49. The van der Waals surface area contributed by atoms with E-state index in [1.807, 2.05) is 36.4 Å². The first-order chi connectivity index (χ1) is 10.5. The molecule has 0 saturated heterocycles. The van der Waals surface area contributed by atoms with E-state index < -0.39 is 0 Å². The smallest absolute Gasteiger partial charge is 0.189 e. The number of benzene rings is 2. The molecule has 0 radical (unpaired) electrons. The second-order valence-electron chi connectivity index (χ2n) is 5.19. The summed E-state index contributed by atoms with van der Waals surface area (Å²) in [6.45, 7) is 0. The number of rotatable bonds is 2. The molecule has 2 aromatic carbocycles. The highest BCUT2D eigenvalue weighted by Crippen LogP contribution is 2.35. The van der Waals surface area contributed by atoms with Crippen molar-refractivity contribution >= 4 is 40.8 Å². The molecule has 0 bridgehead atoms. The van der Waals surface area contributed by atoms with E-state index >= 15 is 0 Å². The summed E-state index contributed by atoms with van der Waals surface area (Å²) in [5.41, 5.74) is 8.01. The van der Waals surface area contributed by atoms with Gasteiger partial charge in [-0.15, -0.1) is 0 Å². The van der Waals surface area contributed by atoms with Crippen molar-refractivity contribution in [3.8, 4) is 0 Å². The highest BCUT2D eigenvalue weighted by molar-refractivity contribution is 6.42. The second kappa shape index (κ2) is 6.37. The summed E-state index contributed by atoms with van der Waals surface area (Å²) < 4.78 is 0. The fourth-order valence-corrected chi connectivity index (χ4v) is 3.10. The van der Waals surface area contributed by atoms with Crippen molar-refractivity contribution in [1.29, 1.82) is 0 Å². The van der Waals surface area contributed by atoms with Crippen molar-refractivity contribution in [3.63, 3.8) is 0 Å². The SMILES string of the molecule is NC1=NC(c2cccc(Cl)c2)CC(c2ccc(Cl)c(Cl)c2)N1. The van der Waals surface area contributed by atoms with Crippen LogP contribution in [0.1, 0.15) is 29.6 Å². The zero-order valence-corrected chi connectivity index (χ0v) is 13.8. The Balaban J connectivity index is 1.90. The molecule has 2 atom stereocenters. The topological polar surface area (TPSA) is 50.4 Å². The lowest BCUT2D eigenvalue weighted by Crippen LogP contribution is -2.39. The molecule has 0 aromatic heterocycles. The van der Waals surface area contributed by atoms with Crippen LogP contribution in [0, 0.1) is 0 Å². The average molecular weight is 355 g/mol. The number of hydrogen-bond acceptors (Lipinski definition) is 3. The Morgan fingerprint density at radius 2 is 1.82 bits per heavy atom. The number of hydrogen-bond donors (Lipinski definition) is 2. The predicted molar refractivity (Wildman–Crippen MR) is 92.8 cm³/mol. The molecule has 0 aliphatic carbocycles. The maximum Gasteiger partial charge on any atom is 0.189 e. The molecule has 0 amide bonds. The van der Waals surface area contributed by atoms with Gasteiger partial charge in [-0.2, -0.15) is 0 Å². The van der Waals surface area contributed by atoms with Crippen molar-refractivity contribution in [2.45, 2.75) is 18.5 Å². The summed E-state index contributed by atoms with van der Waals surface area (Å²) in [5.74, 6) is 0.410. The van der Waals surface area contributed by atoms with Crippen LogP contribution in [0.4, 0.5) is 0 Å². The minimum absolute atomic E-state index is 0.0243. The van der Waals surface area contributed by atoms with Crippen LogP contribution in [-0.2, 0) is 0 Å². The van der Waals surface area contributed by atoms with Gasteiger partial charge in [0.15, 0.2) is 5.96 Å². The van der Waals surface area contributed by atoms with E-state index in [4.69, 9.17) is 40.5 Å². The summed E-state index contributed by atoms with van der Waals surface area (Å²) in [6, 6.07) is 13.3. The van der Waals surface area contributed by atoms with Crippen LogP contribution in [0.2, 0.25) is 15.1 Å². The maximum atomic E-state index is 6.10. The van der Waals surface area contributed by atoms with Gasteiger partial charge in [0.2, 0.25) is 0 Å². The fraction of sp³-hybridized carbons (Fsp3) is 0.188. The lowest BCUT2D eigenvalue weighted by atomic mass is 9.94. The third-order valence-corrected chi connectivity index (χ3v) is 4.63. The van der Waals surface area contributed by atoms with Crippen molar-refractivity contribution in [3.05, 3.63) is 68.7 Å². The standard InChI is InChI=1S/C16H14Cl3N3/c17-11-3-1-2-9(6-11)14-8-15(22-16(20)21-14)10-4-5-12(18)13(19)7-10/h1-7,14-15H,8H2,(H3,20,21,22). The Hall–Kier alpha value is -1.42. The molecular formula is C16H14Cl3N3. The lowest BCUT2D eigenvalue weighted by molar-refractivity contribution is 0.487. The molecule has 1 heterocycles. The molecule has 0 fully saturated rings. The molecular weight excluding hydrogens is 341 g/mol. The molecule has 0 spiro atoms. The van der Waals surface area contributed by atoms with Crippen molar-refractivity contribution in [1.82, 2.24) is 5.32 Å². The first kappa shape index (κ1) is 15.5. The lowest BCUT2D eigenvalue weighted by Gasteiger charge is -2.29. The zero-order chi connectivity index (χ0) is 15.7. The van der Waals surface area contributed by atoms with Crippen LogP contribution in [0.3, 0.4) is 0 Å². The summed E-state index contributed by atoms with van der Waals surface area (Å²) in [7, 11) is 0. The fourth-order valence-electron chi connectivity index (χ4n) is 2.59. The molecule has 22 heavy (non-hydrogen) atoms. The van der Waals surface area contributed by atoms with Crippen LogP contribution in [0.25, 0.3) is 0 Å². The van der Waals surface area contributed by atoms with Crippen LogP contribution < -0.4 is 11.1 Å². The van der Waals surface area contributed by atoms with E-state index in [0.29, 0.717) is 21.0 Å². The summed E-state index contributed by atoms with van der Waals surface area (Å²) in [5, 5.41) is 4.94. The monoisotopic (exact) mass is 353 g/mol. The Bertz CT molecular complexity index is 730. The van der Waals surface area contributed by atoms with Crippen molar-refractivity contribution < 1.29 is 0 Å². The quantitative estimate of drug-likeness (QED) is 0.818. The normalized spacial score (nSPS) is 21.1. The van der Waals surface area contributed by atoms with Gasteiger partial charge in [0.1, 0.15) is 0 Å². The molecule has 1 aliphatic rings. The first-order valence-electron chi connectivity index (χ1n) is 6.83. The number of halogens is 3. The number of nitrogens with zero attached hydrogens (tertiary/aromatic N) is 1. The van der Waals surface area contributed by atoms with Gasteiger partial charge in [-0.1, -0.05) is 53.0 Å². The molecule has 0 saturated carbocycles. The Labute approximate surface area is 144 Å². The molecule has 114 valence electrons. The first-order valence-corrected chi connectivity index (χ1v) is 7.96. The Morgan fingerprint density at radius 3 is 2.55 bits per heavy atom. The van der Waals surface area contributed by atoms with Gasteiger partial charge in [-0.25, -0.2) is 4.99 Å². The number of guanidine groups is 1. The zero-order valence-electron chi connectivity index (χ0n) is 11.6. The van der Waals surface area contributed by atoms with Gasteiger partial charge in [-0.3, -0.25) is 0 Å². The highest BCUT2D eigenvalue weighted by atomic mass is 35.5. The van der Waals surface area contributed by atoms with E-state index in [9.17, 15) is 0 Å². The van der Waals surface area contributed by atoms with Crippen LogP contribution in [0.15, 0.2) is 47.5 Å². The van der Waals surface area contributed by atoms with Gasteiger partial charge >= 0.3 is 0 Å². The Morgan fingerprint density at radius 1 is 1.00 bits per heavy atom. The van der Waals surface area contributed by atoms with Gasteiger partial charge in [0.05, 0.1) is 22.1 Å².